The Hall–Kier alpha value is -1.13. The molecule has 0 atom stereocenters. The molecule has 102 valence electrons. The van der Waals surface area contributed by atoms with E-state index in [-0.39, 0.29) is 0 Å². The van der Waals surface area contributed by atoms with E-state index < -0.39 is 0 Å². The minimum atomic E-state index is 0.789. The highest BCUT2D eigenvalue weighted by Crippen LogP contribution is 2.28. The quantitative estimate of drug-likeness (QED) is 0.849. The molecule has 1 N–H and O–H groups in total. The summed E-state index contributed by atoms with van der Waals surface area (Å²) >= 11 is 1.52. The Balaban J connectivity index is 1.47. The predicted molar refractivity (Wildman–Crippen MR) is 79.9 cm³/mol. The first-order valence-corrected chi connectivity index (χ1v) is 7.89. The molecular weight excluding hydrogens is 256 g/mol. The minimum Gasteiger partial charge on any atom is -0.477 e. The molecule has 0 amide bonds. The molecule has 3 rings (SSSR count). The second-order valence-electron chi connectivity index (χ2n) is 5.17. The maximum absolute atomic E-state index is 5.83. The molecule has 0 radical (unpaired) electrons. The van der Waals surface area contributed by atoms with Crippen molar-refractivity contribution in [2.24, 2.45) is 5.92 Å². The number of benzene rings is 1. The third-order valence-electron chi connectivity index (χ3n) is 3.80. The second kappa shape index (κ2) is 6.35. The first kappa shape index (κ1) is 12.9. The van der Waals surface area contributed by atoms with Gasteiger partial charge in [-0.3, -0.25) is 0 Å². The van der Waals surface area contributed by atoms with Gasteiger partial charge < -0.3 is 10.1 Å². The van der Waals surface area contributed by atoms with Crippen molar-refractivity contribution in [3.63, 3.8) is 0 Å². The van der Waals surface area contributed by atoms with Gasteiger partial charge in [0, 0.05) is 0 Å². The minimum absolute atomic E-state index is 0.789. The smallest absolute Gasteiger partial charge is 0.233 e. The van der Waals surface area contributed by atoms with Crippen LogP contribution in [0.5, 0.6) is 5.88 Å². The summed E-state index contributed by atoms with van der Waals surface area (Å²) in [5.74, 6) is 1.70. The van der Waals surface area contributed by atoms with Gasteiger partial charge in [0.15, 0.2) is 0 Å². The Bertz CT molecular complexity index is 520. The van der Waals surface area contributed by atoms with Crippen molar-refractivity contribution < 1.29 is 4.74 Å². The Morgan fingerprint density at radius 3 is 3.00 bits per heavy atom. The van der Waals surface area contributed by atoms with Gasteiger partial charge in [-0.1, -0.05) is 12.1 Å². The van der Waals surface area contributed by atoms with Gasteiger partial charge in [0.25, 0.3) is 0 Å². The van der Waals surface area contributed by atoms with E-state index in [0.29, 0.717) is 0 Å². The lowest BCUT2D eigenvalue weighted by molar-refractivity contribution is 0.271. The number of piperidine rings is 1. The van der Waals surface area contributed by atoms with Crippen molar-refractivity contribution in [2.45, 2.75) is 25.7 Å². The van der Waals surface area contributed by atoms with Crippen LogP contribution in [-0.2, 0) is 0 Å². The molecule has 19 heavy (non-hydrogen) atoms. The first-order valence-electron chi connectivity index (χ1n) is 7.11. The Kier molecular flexibility index (Phi) is 4.30. The molecule has 1 fully saturated rings. The fourth-order valence-electron chi connectivity index (χ4n) is 2.68. The van der Waals surface area contributed by atoms with Crippen LogP contribution in [0.1, 0.15) is 25.7 Å². The fraction of sp³-hybridized carbons (Fsp3) is 0.533. The molecule has 0 aliphatic carbocycles. The molecule has 2 heterocycles. The second-order valence-corrected chi connectivity index (χ2v) is 5.97. The maximum atomic E-state index is 5.83. The molecule has 4 heteroatoms. The average molecular weight is 276 g/mol. The number of hydrogen-bond donors (Lipinski definition) is 1. The summed E-state index contributed by atoms with van der Waals surface area (Å²) in [6.07, 6.45) is 5.06. The summed E-state index contributed by atoms with van der Waals surface area (Å²) in [6.45, 7) is 3.15. The Morgan fingerprint density at radius 1 is 1.26 bits per heavy atom. The zero-order chi connectivity index (χ0) is 12.9. The number of aromatic nitrogens is 1. The van der Waals surface area contributed by atoms with Crippen molar-refractivity contribution >= 4 is 21.6 Å². The van der Waals surface area contributed by atoms with Crippen molar-refractivity contribution in [3.05, 3.63) is 24.3 Å². The summed E-state index contributed by atoms with van der Waals surface area (Å²) < 4.78 is 11.4. The van der Waals surface area contributed by atoms with Crippen LogP contribution in [0.25, 0.3) is 10.1 Å². The van der Waals surface area contributed by atoms with Gasteiger partial charge >= 0.3 is 0 Å². The summed E-state index contributed by atoms with van der Waals surface area (Å²) in [5, 5.41) is 4.56. The highest BCUT2D eigenvalue weighted by Gasteiger charge is 2.12. The van der Waals surface area contributed by atoms with Crippen LogP contribution in [0.4, 0.5) is 0 Å². The van der Waals surface area contributed by atoms with E-state index >= 15 is 0 Å². The van der Waals surface area contributed by atoms with Crippen molar-refractivity contribution in [3.8, 4) is 5.88 Å². The van der Waals surface area contributed by atoms with E-state index in [4.69, 9.17) is 4.74 Å². The lowest BCUT2D eigenvalue weighted by Crippen LogP contribution is -2.27. The van der Waals surface area contributed by atoms with Gasteiger partial charge in [-0.15, -0.1) is 0 Å². The number of nitrogens with one attached hydrogen (secondary N) is 1. The summed E-state index contributed by atoms with van der Waals surface area (Å²) in [7, 11) is 0. The molecule has 1 saturated heterocycles. The lowest BCUT2D eigenvalue weighted by atomic mass is 9.93. The largest absolute Gasteiger partial charge is 0.477 e. The van der Waals surface area contributed by atoms with Gasteiger partial charge in [-0.25, -0.2) is 0 Å². The van der Waals surface area contributed by atoms with Gasteiger partial charge in [-0.05, 0) is 68.4 Å². The standard InChI is InChI=1S/C15H20N2OS/c1-2-6-14-13(5-1)15(17-19-14)18-11-3-4-12-7-9-16-10-8-12/h1-2,5-6,12,16H,3-4,7-11H2. The third-order valence-corrected chi connectivity index (χ3v) is 4.61. The van der Waals surface area contributed by atoms with E-state index in [0.717, 1.165) is 30.2 Å². The molecule has 1 aromatic carbocycles. The van der Waals surface area contributed by atoms with Crippen LogP contribution in [0.2, 0.25) is 0 Å². The molecule has 1 aliphatic rings. The highest BCUT2D eigenvalue weighted by atomic mass is 32.1. The lowest BCUT2D eigenvalue weighted by Gasteiger charge is -2.22. The van der Waals surface area contributed by atoms with Crippen LogP contribution in [0.15, 0.2) is 24.3 Å². The summed E-state index contributed by atoms with van der Waals surface area (Å²) in [4.78, 5) is 0. The van der Waals surface area contributed by atoms with Crippen LogP contribution in [0.3, 0.4) is 0 Å². The van der Waals surface area contributed by atoms with E-state index in [1.807, 2.05) is 12.1 Å². The van der Waals surface area contributed by atoms with Gasteiger partial charge in [0.2, 0.25) is 5.88 Å². The third kappa shape index (κ3) is 3.25. The molecule has 0 saturated carbocycles. The van der Waals surface area contributed by atoms with Crippen LogP contribution < -0.4 is 10.1 Å². The predicted octanol–water partition coefficient (Wildman–Crippen LogP) is 3.45. The molecule has 3 nitrogen and oxygen atoms in total. The van der Waals surface area contributed by atoms with Crippen LogP contribution >= 0.6 is 11.5 Å². The van der Waals surface area contributed by atoms with Gasteiger partial charge in [0.1, 0.15) is 0 Å². The fourth-order valence-corrected chi connectivity index (χ4v) is 3.40. The van der Waals surface area contributed by atoms with Gasteiger partial charge in [0.05, 0.1) is 16.7 Å². The topological polar surface area (TPSA) is 34.1 Å². The molecule has 0 spiro atoms. The normalized spacial score (nSPS) is 16.8. The Morgan fingerprint density at radius 2 is 2.11 bits per heavy atom. The first-order chi connectivity index (χ1) is 9.43. The molecule has 0 unspecified atom stereocenters. The van der Waals surface area contributed by atoms with Crippen LogP contribution in [0, 0.1) is 5.92 Å². The zero-order valence-electron chi connectivity index (χ0n) is 11.1. The van der Waals surface area contributed by atoms with Gasteiger partial charge in [-0.2, -0.15) is 4.37 Å². The SMILES string of the molecule is c1ccc2c(OCCCC3CCNCC3)nsc2c1. The molecule has 2 aromatic rings. The number of ether oxygens (including phenoxy) is 1. The van der Waals surface area contributed by atoms with E-state index in [9.17, 15) is 0 Å². The zero-order valence-corrected chi connectivity index (χ0v) is 11.9. The van der Waals surface area contributed by atoms with Crippen molar-refractivity contribution in [1.29, 1.82) is 0 Å². The van der Waals surface area contributed by atoms with Crippen molar-refractivity contribution in [1.82, 2.24) is 9.69 Å². The van der Waals surface area contributed by atoms with E-state index in [1.54, 1.807) is 0 Å². The summed E-state index contributed by atoms with van der Waals surface area (Å²) in [5.41, 5.74) is 0. The monoisotopic (exact) mass is 276 g/mol. The molecule has 1 aromatic heterocycles. The number of hydrogen-bond acceptors (Lipinski definition) is 4. The maximum Gasteiger partial charge on any atom is 0.233 e. The van der Waals surface area contributed by atoms with E-state index in [1.165, 1.54) is 48.6 Å². The molecular formula is C15H20N2OS. The Labute approximate surface area is 118 Å². The average Bonchev–Trinajstić information content (AvgIpc) is 2.88. The molecule has 0 bridgehead atoms. The molecule has 1 aliphatic heterocycles. The van der Waals surface area contributed by atoms with E-state index in [2.05, 4.69) is 21.8 Å². The van der Waals surface area contributed by atoms with Crippen molar-refractivity contribution in [2.75, 3.05) is 19.7 Å². The number of rotatable bonds is 5. The number of fused-ring (bicyclic) bond motifs is 1. The highest BCUT2D eigenvalue weighted by molar-refractivity contribution is 7.13. The van der Waals surface area contributed by atoms with Crippen LogP contribution in [-0.4, -0.2) is 24.1 Å². The summed E-state index contributed by atoms with van der Waals surface area (Å²) in [6, 6.07) is 8.26. The number of nitrogens with zero attached hydrogens (tertiary/aromatic N) is 1.